The Morgan fingerprint density at radius 2 is 2.03 bits per heavy atom. The average Bonchev–Trinajstić information content (AvgIpc) is 3.57. The topological polar surface area (TPSA) is 74.3 Å². The van der Waals surface area contributed by atoms with Gasteiger partial charge in [-0.05, 0) is 47.7 Å². The molecule has 0 spiro atoms. The van der Waals surface area contributed by atoms with Gasteiger partial charge in [-0.2, -0.15) is 13.2 Å². The van der Waals surface area contributed by atoms with Crippen molar-refractivity contribution in [3.05, 3.63) is 82.3 Å². The smallest absolute Gasteiger partial charge is 0.416 e. The molecule has 3 heterocycles. The highest BCUT2D eigenvalue weighted by molar-refractivity contribution is 5.68. The number of benzene rings is 2. The number of nitrogens with one attached hydrogen (secondary N) is 1. The molecule has 0 saturated carbocycles. The fourth-order valence-corrected chi connectivity index (χ4v) is 5.67. The van der Waals surface area contributed by atoms with Crippen molar-refractivity contribution in [1.29, 1.82) is 0 Å². The summed E-state index contributed by atoms with van der Waals surface area (Å²) in [4.78, 5) is 13.0. The monoisotopic (exact) mass is 513 g/mol. The van der Waals surface area contributed by atoms with Crippen LogP contribution in [0, 0.1) is 0 Å². The largest absolute Gasteiger partial charge is 0.492 e. The standard InChI is InChI=1S/C27H26F3N3O4/c28-27(29,30)23-5-3-21-20(22(23)14-32-9-10-33-17(13-32)7-8-31-33)4-6-24(21)37-18-1-2-19-16(11-26(34)35)15-36-25(19)12-18/h1-3,5,7-8,12-13,16,24,31H,4,6,9-11,14-15H2,(H,34,35)/t16-,24-/m1/s1. The summed E-state index contributed by atoms with van der Waals surface area (Å²) in [6.07, 6.45) is 1.86. The number of allylic oxidation sites excluding steroid dienone is 1. The second-order valence-corrected chi connectivity index (χ2v) is 9.75. The van der Waals surface area contributed by atoms with Crippen molar-refractivity contribution in [3.8, 4) is 11.5 Å². The van der Waals surface area contributed by atoms with Crippen molar-refractivity contribution >= 4 is 5.97 Å². The molecule has 0 fully saturated rings. The fourth-order valence-electron chi connectivity index (χ4n) is 5.67. The highest BCUT2D eigenvalue weighted by Crippen LogP contribution is 2.44. The van der Waals surface area contributed by atoms with Crippen LogP contribution in [-0.4, -0.2) is 40.7 Å². The van der Waals surface area contributed by atoms with E-state index >= 15 is 0 Å². The minimum atomic E-state index is -4.45. The molecule has 2 aromatic carbocycles. The van der Waals surface area contributed by atoms with Crippen molar-refractivity contribution in [2.45, 2.75) is 44.0 Å². The van der Waals surface area contributed by atoms with Gasteiger partial charge in [0.25, 0.3) is 0 Å². The van der Waals surface area contributed by atoms with Gasteiger partial charge in [-0.1, -0.05) is 12.1 Å². The Bertz CT molecular complexity index is 1310. The van der Waals surface area contributed by atoms with E-state index < -0.39 is 17.7 Å². The van der Waals surface area contributed by atoms with Gasteiger partial charge in [0.15, 0.2) is 0 Å². The summed E-state index contributed by atoms with van der Waals surface area (Å²) in [5.74, 6) is 0.0605. The highest BCUT2D eigenvalue weighted by Gasteiger charge is 2.38. The summed E-state index contributed by atoms with van der Waals surface area (Å²) in [6.45, 7) is 1.76. The molecule has 6 rings (SSSR count). The number of nitrogens with zero attached hydrogens (tertiary/aromatic N) is 2. The van der Waals surface area contributed by atoms with E-state index in [-0.39, 0.29) is 25.0 Å². The molecule has 37 heavy (non-hydrogen) atoms. The minimum Gasteiger partial charge on any atom is -0.492 e. The first kappa shape index (κ1) is 23.6. The molecule has 0 bridgehead atoms. The van der Waals surface area contributed by atoms with Crippen molar-refractivity contribution in [2.75, 3.05) is 19.7 Å². The second kappa shape index (κ2) is 8.93. The molecule has 3 aliphatic heterocycles. The van der Waals surface area contributed by atoms with E-state index in [2.05, 4.69) is 5.43 Å². The lowest BCUT2D eigenvalue weighted by Crippen LogP contribution is -2.40. The van der Waals surface area contributed by atoms with E-state index in [0.29, 0.717) is 55.2 Å². The quantitative estimate of drug-likeness (QED) is 0.580. The Balaban J connectivity index is 1.26. The molecule has 0 radical (unpaired) electrons. The molecule has 10 heteroatoms. The number of rotatable bonds is 6. The lowest BCUT2D eigenvalue weighted by Gasteiger charge is -2.33. The molecule has 4 aliphatic rings. The second-order valence-electron chi connectivity index (χ2n) is 9.75. The molecule has 0 unspecified atom stereocenters. The van der Waals surface area contributed by atoms with Crippen LogP contribution in [0.4, 0.5) is 13.2 Å². The van der Waals surface area contributed by atoms with Gasteiger partial charge in [-0.25, -0.2) is 0 Å². The number of carboxylic acids is 1. The van der Waals surface area contributed by atoms with E-state index in [1.165, 1.54) is 6.07 Å². The summed E-state index contributed by atoms with van der Waals surface area (Å²) in [5, 5.41) is 11.1. The van der Waals surface area contributed by atoms with Gasteiger partial charge in [0.2, 0.25) is 0 Å². The van der Waals surface area contributed by atoms with E-state index in [4.69, 9.17) is 14.6 Å². The van der Waals surface area contributed by atoms with Gasteiger partial charge in [0.1, 0.15) is 17.6 Å². The number of ether oxygens (including phenoxy) is 2. The van der Waals surface area contributed by atoms with Crippen LogP contribution >= 0.6 is 0 Å². The Morgan fingerprint density at radius 1 is 1.19 bits per heavy atom. The molecular formula is C27H26F3N3O4. The van der Waals surface area contributed by atoms with Crippen LogP contribution in [0.3, 0.4) is 0 Å². The molecule has 2 atom stereocenters. The van der Waals surface area contributed by atoms with Gasteiger partial charge >= 0.3 is 12.1 Å². The predicted octanol–water partition coefficient (Wildman–Crippen LogP) is 4.71. The van der Waals surface area contributed by atoms with Crippen LogP contribution in [0.15, 0.2) is 54.5 Å². The summed E-state index contributed by atoms with van der Waals surface area (Å²) in [7, 11) is 0. The number of hydrogen-bond donors (Lipinski definition) is 2. The summed E-state index contributed by atoms with van der Waals surface area (Å²) < 4.78 is 54.0. The third-order valence-electron chi connectivity index (χ3n) is 7.42. The van der Waals surface area contributed by atoms with E-state index in [1.807, 2.05) is 34.5 Å². The number of carboxylic acid groups (broad SMARTS) is 1. The average molecular weight is 514 g/mol. The van der Waals surface area contributed by atoms with Crippen molar-refractivity contribution in [3.63, 3.8) is 0 Å². The lowest BCUT2D eigenvalue weighted by molar-refractivity contribution is -0.139. The Morgan fingerprint density at radius 3 is 2.84 bits per heavy atom. The zero-order valence-electron chi connectivity index (χ0n) is 19.9. The van der Waals surface area contributed by atoms with E-state index in [0.717, 1.165) is 16.8 Å². The van der Waals surface area contributed by atoms with Gasteiger partial charge < -0.3 is 24.9 Å². The molecule has 7 nitrogen and oxygen atoms in total. The number of halogens is 3. The number of aliphatic carboxylic acids is 1. The van der Waals surface area contributed by atoms with Crippen LogP contribution in [0.5, 0.6) is 11.5 Å². The first-order valence-electron chi connectivity index (χ1n) is 12.3. The van der Waals surface area contributed by atoms with Crippen LogP contribution in [0.2, 0.25) is 0 Å². The number of carbonyl (C=O) groups is 1. The van der Waals surface area contributed by atoms with Gasteiger partial charge in [0.05, 0.1) is 30.8 Å². The third kappa shape index (κ3) is 4.45. The molecule has 0 saturated heterocycles. The maximum Gasteiger partial charge on any atom is 0.416 e. The van der Waals surface area contributed by atoms with Gasteiger partial charge in [0, 0.05) is 43.0 Å². The van der Waals surface area contributed by atoms with Crippen LogP contribution in [-0.2, 0) is 23.9 Å². The normalized spacial score (nSPS) is 21.6. The predicted molar refractivity (Wildman–Crippen MR) is 128 cm³/mol. The lowest BCUT2D eigenvalue weighted by atomic mass is 9.96. The Labute approximate surface area is 211 Å². The molecule has 194 valence electrons. The molecule has 2 N–H and O–H groups in total. The van der Waals surface area contributed by atoms with Crippen molar-refractivity contribution in [2.24, 2.45) is 0 Å². The van der Waals surface area contributed by atoms with E-state index in [1.54, 1.807) is 18.2 Å². The number of alkyl halides is 3. The minimum absolute atomic E-state index is 0.00789. The summed E-state index contributed by atoms with van der Waals surface area (Å²) in [6, 6.07) is 8.07. The Kier molecular flexibility index (Phi) is 5.69. The summed E-state index contributed by atoms with van der Waals surface area (Å²) in [5.41, 5.74) is 6.07. The molecule has 0 amide bonds. The first-order chi connectivity index (χ1) is 17.8. The van der Waals surface area contributed by atoms with Crippen molar-refractivity contribution in [1.82, 2.24) is 15.3 Å². The zero-order chi connectivity index (χ0) is 25.7. The fraction of sp³-hybridized carbons (Fsp3) is 0.370. The zero-order valence-corrected chi connectivity index (χ0v) is 19.9. The highest BCUT2D eigenvalue weighted by atomic mass is 19.4. The molecule has 2 aromatic rings. The summed E-state index contributed by atoms with van der Waals surface area (Å²) >= 11 is 0. The van der Waals surface area contributed by atoms with E-state index in [9.17, 15) is 18.0 Å². The molecule has 0 aromatic heterocycles. The number of hydrazine groups is 1. The van der Waals surface area contributed by atoms with Gasteiger partial charge in [-0.15, -0.1) is 0 Å². The maximum atomic E-state index is 14.0. The van der Waals surface area contributed by atoms with Crippen LogP contribution < -0.4 is 14.9 Å². The number of fused-ring (bicyclic) bond motifs is 3. The Hall–Kier alpha value is -3.82. The van der Waals surface area contributed by atoms with Crippen LogP contribution in [0.25, 0.3) is 0 Å². The molecular weight excluding hydrogens is 487 g/mol. The molecule has 1 aliphatic carbocycles. The third-order valence-corrected chi connectivity index (χ3v) is 7.42. The van der Waals surface area contributed by atoms with Gasteiger partial charge in [-0.3, -0.25) is 9.80 Å². The number of hydrogen-bond acceptors (Lipinski definition) is 6. The first-order valence-corrected chi connectivity index (χ1v) is 12.3. The maximum absolute atomic E-state index is 14.0. The SMILES string of the molecule is O=C(O)C[C@@H]1COc2cc(O[C@@H]3CCc4c3ccc(C(F)(F)F)c4CN3C=C4C=CNN4CC3)ccc21. The van der Waals surface area contributed by atoms with Crippen molar-refractivity contribution < 1.29 is 32.5 Å². The van der Waals surface area contributed by atoms with Crippen LogP contribution in [0.1, 0.15) is 52.7 Å².